The van der Waals surface area contributed by atoms with Gasteiger partial charge in [-0.15, -0.1) is 0 Å². The lowest BCUT2D eigenvalue weighted by molar-refractivity contribution is -0.113. The minimum atomic E-state index is -0.178. The number of anilines is 2. The van der Waals surface area contributed by atoms with E-state index < -0.39 is 0 Å². The standard InChI is InChI=1S/C15H13NO.C10H11NO.C4H5N/c1-12(13-8-4-2-5-9-13)15(17)16-14-10-6-3-7-11-14;1-8(2)10(12)11-9-6-4-3-5-7-9;1-4(2)3-5/h2-11H,1H2,(H,16,17);3-7H,1H2,2H3,(H,11,12);1H2,2H3. The third kappa shape index (κ3) is 11.1. The maximum Gasteiger partial charge on any atom is 0.255 e. The zero-order valence-corrected chi connectivity index (χ0v) is 19.5. The van der Waals surface area contributed by atoms with E-state index in [9.17, 15) is 9.59 Å². The van der Waals surface area contributed by atoms with Crippen LogP contribution in [-0.4, -0.2) is 11.8 Å². The highest BCUT2D eigenvalue weighted by Crippen LogP contribution is 2.14. The van der Waals surface area contributed by atoms with Gasteiger partial charge in [0.15, 0.2) is 0 Å². The SMILES string of the molecule is C=C(C(=O)Nc1ccccc1)c1ccccc1.C=C(C)C#N.C=C(C)C(=O)Nc1ccccc1. The molecular formula is C29H29N3O2. The minimum absolute atomic E-state index is 0.138. The maximum atomic E-state index is 11.9. The topological polar surface area (TPSA) is 82.0 Å². The first-order chi connectivity index (χ1) is 16.2. The van der Waals surface area contributed by atoms with Gasteiger partial charge in [-0.3, -0.25) is 9.59 Å². The average molecular weight is 452 g/mol. The number of hydrogen-bond acceptors (Lipinski definition) is 3. The number of amides is 2. The Labute approximate surface area is 201 Å². The Bertz CT molecular complexity index is 1150. The number of nitrogens with zero attached hydrogens (tertiary/aromatic N) is 1. The fraction of sp³-hybridized carbons (Fsp3) is 0.0690. The summed E-state index contributed by atoms with van der Waals surface area (Å²) in [4.78, 5) is 23.0. The number of nitriles is 1. The lowest BCUT2D eigenvalue weighted by Crippen LogP contribution is -2.12. The number of rotatable bonds is 5. The molecule has 0 atom stereocenters. The Morgan fingerprint density at radius 3 is 1.38 bits per heavy atom. The Hall–Kier alpha value is -4.69. The smallest absolute Gasteiger partial charge is 0.255 e. The fourth-order valence-electron chi connectivity index (χ4n) is 2.26. The van der Waals surface area contributed by atoms with Gasteiger partial charge < -0.3 is 10.6 Å². The first-order valence-corrected chi connectivity index (χ1v) is 10.4. The summed E-state index contributed by atoms with van der Waals surface area (Å²) < 4.78 is 0. The highest BCUT2D eigenvalue weighted by molar-refractivity contribution is 6.24. The number of carbonyl (C=O) groups excluding carboxylic acids is 2. The quantitative estimate of drug-likeness (QED) is 0.337. The van der Waals surface area contributed by atoms with E-state index in [4.69, 9.17) is 5.26 Å². The molecule has 34 heavy (non-hydrogen) atoms. The third-order valence-electron chi connectivity index (χ3n) is 4.04. The van der Waals surface area contributed by atoms with Crippen LogP contribution in [0, 0.1) is 11.3 Å². The second-order valence-electron chi connectivity index (χ2n) is 7.16. The zero-order chi connectivity index (χ0) is 25.3. The van der Waals surface area contributed by atoms with Crippen LogP contribution in [0.3, 0.4) is 0 Å². The van der Waals surface area contributed by atoms with E-state index in [2.05, 4.69) is 30.4 Å². The number of benzene rings is 3. The molecule has 172 valence electrons. The van der Waals surface area contributed by atoms with Gasteiger partial charge in [0, 0.05) is 28.1 Å². The van der Waals surface area contributed by atoms with Crippen molar-refractivity contribution in [2.45, 2.75) is 13.8 Å². The molecule has 3 rings (SSSR count). The largest absolute Gasteiger partial charge is 0.322 e. The van der Waals surface area contributed by atoms with Crippen LogP contribution in [0.2, 0.25) is 0 Å². The summed E-state index contributed by atoms with van der Waals surface area (Å²) in [5, 5.41) is 13.3. The summed E-state index contributed by atoms with van der Waals surface area (Å²) in [6.07, 6.45) is 0. The van der Waals surface area contributed by atoms with Gasteiger partial charge in [0.25, 0.3) is 11.8 Å². The molecule has 2 amide bonds. The average Bonchev–Trinajstić information content (AvgIpc) is 2.86. The van der Waals surface area contributed by atoms with Crippen molar-refractivity contribution in [2.24, 2.45) is 0 Å². The molecule has 0 aliphatic heterocycles. The van der Waals surface area contributed by atoms with Crippen molar-refractivity contribution in [3.05, 3.63) is 127 Å². The van der Waals surface area contributed by atoms with Crippen molar-refractivity contribution in [3.63, 3.8) is 0 Å². The molecule has 3 aromatic carbocycles. The van der Waals surface area contributed by atoms with Crippen molar-refractivity contribution in [1.82, 2.24) is 0 Å². The van der Waals surface area contributed by atoms with Crippen molar-refractivity contribution in [2.75, 3.05) is 10.6 Å². The zero-order valence-electron chi connectivity index (χ0n) is 19.5. The number of nitrogens with one attached hydrogen (secondary N) is 2. The molecule has 0 radical (unpaired) electrons. The van der Waals surface area contributed by atoms with Crippen molar-refractivity contribution in [3.8, 4) is 6.07 Å². The molecule has 0 fully saturated rings. The van der Waals surface area contributed by atoms with Gasteiger partial charge >= 0.3 is 0 Å². The Morgan fingerprint density at radius 1 is 0.676 bits per heavy atom. The lowest BCUT2D eigenvalue weighted by atomic mass is 10.1. The van der Waals surface area contributed by atoms with E-state index in [1.165, 1.54) is 0 Å². The predicted molar refractivity (Wildman–Crippen MR) is 141 cm³/mol. The Morgan fingerprint density at radius 2 is 1.03 bits per heavy atom. The number of allylic oxidation sites excluding steroid dienone is 1. The summed E-state index contributed by atoms with van der Waals surface area (Å²) >= 11 is 0. The highest BCUT2D eigenvalue weighted by Gasteiger charge is 2.08. The van der Waals surface area contributed by atoms with Gasteiger partial charge in [0.2, 0.25) is 0 Å². The molecule has 3 aromatic rings. The summed E-state index contributed by atoms with van der Waals surface area (Å²) in [6, 6.07) is 29.9. The van der Waals surface area contributed by atoms with Gasteiger partial charge in [-0.05, 0) is 43.7 Å². The van der Waals surface area contributed by atoms with Crippen LogP contribution in [0.25, 0.3) is 5.57 Å². The molecule has 0 unspecified atom stereocenters. The van der Waals surface area contributed by atoms with Crippen LogP contribution in [0.5, 0.6) is 0 Å². The normalized spacial score (nSPS) is 8.85. The lowest BCUT2D eigenvalue weighted by Gasteiger charge is -2.07. The number of hydrogen-bond donors (Lipinski definition) is 2. The second-order valence-corrected chi connectivity index (χ2v) is 7.16. The van der Waals surface area contributed by atoms with Crippen molar-refractivity contribution in [1.29, 1.82) is 5.26 Å². The Kier molecular flexibility index (Phi) is 12.2. The number of carbonyl (C=O) groups is 2. The van der Waals surface area contributed by atoms with Gasteiger partial charge in [-0.25, -0.2) is 0 Å². The van der Waals surface area contributed by atoms with Crippen LogP contribution in [0.4, 0.5) is 11.4 Å². The molecule has 0 aromatic heterocycles. The van der Waals surface area contributed by atoms with Crippen LogP contribution in [0.15, 0.2) is 122 Å². The molecular weight excluding hydrogens is 422 g/mol. The Balaban J connectivity index is 0.000000296. The highest BCUT2D eigenvalue weighted by atomic mass is 16.2. The van der Waals surface area contributed by atoms with Crippen LogP contribution >= 0.6 is 0 Å². The van der Waals surface area contributed by atoms with Gasteiger partial charge in [-0.2, -0.15) is 5.26 Å². The molecule has 5 nitrogen and oxygen atoms in total. The summed E-state index contributed by atoms with van der Waals surface area (Å²) in [7, 11) is 0. The van der Waals surface area contributed by atoms with Crippen molar-refractivity contribution < 1.29 is 9.59 Å². The van der Waals surface area contributed by atoms with E-state index in [1.54, 1.807) is 13.8 Å². The van der Waals surface area contributed by atoms with Crippen LogP contribution in [-0.2, 0) is 9.59 Å². The molecule has 0 spiro atoms. The van der Waals surface area contributed by atoms with E-state index in [-0.39, 0.29) is 11.8 Å². The summed E-state index contributed by atoms with van der Waals surface area (Å²) in [5.41, 5.74) is 3.94. The monoisotopic (exact) mass is 451 g/mol. The molecule has 0 saturated carbocycles. The summed E-state index contributed by atoms with van der Waals surface area (Å²) in [6.45, 7) is 14.0. The molecule has 0 aliphatic carbocycles. The van der Waals surface area contributed by atoms with Gasteiger partial charge in [0.05, 0.1) is 6.07 Å². The maximum absolute atomic E-state index is 11.9. The first-order valence-electron chi connectivity index (χ1n) is 10.4. The molecule has 5 heteroatoms. The van der Waals surface area contributed by atoms with E-state index in [1.807, 2.05) is 97.1 Å². The number of para-hydroxylation sites is 2. The molecule has 2 N–H and O–H groups in total. The van der Waals surface area contributed by atoms with Gasteiger partial charge in [0.1, 0.15) is 0 Å². The predicted octanol–water partition coefficient (Wildman–Crippen LogP) is 6.63. The third-order valence-corrected chi connectivity index (χ3v) is 4.04. The van der Waals surface area contributed by atoms with E-state index in [0.29, 0.717) is 16.7 Å². The van der Waals surface area contributed by atoms with E-state index >= 15 is 0 Å². The van der Waals surface area contributed by atoms with E-state index in [0.717, 1.165) is 16.9 Å². The van der Waals surface area contributed by atoms with Crippen LogP contribution in [0.1, 0.15) is 19.4 Å². The minimum Gasteiger partial charge on any atom is -0.322 e. The molecule has 0 bridgehead atoms. The first kappa shape index (κ1) is 27.3. The van der Waals surface area contributed by atoms with Crippen molar-refractivity contribution >= 4 is 28.8 Å². The van der Waals surface area contributed by atoms with Gasteiger partial charge in [-0.1, -0.05) is 86.5 Å². The summed E-state index contributed by atoms with van der Waals surface area (Å²) in [5.74, 6) is -0.316. The molecule has 0 saturated heterocycles. The molecule has 0 heterocycles. The second kappa shape index (κ2) is 15.2. The molecule has 0 aliphatic rings. The fourth-order valence-corrected chi connectivity index (χ4v) is 2.26. The van der Waals surface area contributed by atoms with Crippen LogP contribution < -0.4 is 10.6 Å².